The lowest BCUT2D eigenvalue weighted by Crippen LogP contribution is -2.47. The molecule has 0 aliphatic carbocycles. The van der Waals surface area contributed by atoms with Crippen molar-refractivity contribution in [2.75, 3.05) is 50.7 Å². The SMILES string of the molecule is C.Cc1ccc(N2CCN(CCCC(=O)N3CCC(Oc4ccc([N+](=O)[O-])c(C(F)(F)F)c4)CC3)CC2)cc1. The maximum atomic E-state index is 13.2. The van der Waals surface area contributed by atoms with Crippen molar-refractivity contribution >= 4 is 17.3 Å². The molecule has 0 spiro atoms. The minimum absolute atomic E-state index is 0. The van der Waals surface area contributed by atoms with Crippen LogP contribution in [-0.4, -0.2) is 72.5 Å². The van der Waals surface area contributed by atoms with Crippen LogP contribution in [0, 0.1) is 17.0 Å². The van der Waals surface area contributed by atoms with E-state index in [1.54, 1.807) is 4.90 Å². The van der Waals surface area contributed by atoms with E-state index in [2.05, 4.69) is 41.0 Å². The van der Waals surface area contributed by atoms with Gasteiger partial charge in [-0.1, -0.05) is 25.1 Å². The minimum atomic E-state index is -4.85. The van der Waals surface area contributed by atoms with Crippen molar-refractivity contribution in [1.29, 1.82) is 0 Å². The van der Waals surface area contributed by atoms with Gasteiger partial charge in [0.25, 0.3) is 5.69 Å². The maximum absolute atomic E-state index is 13.2. The third-order valence-corrected chi connectivity index (χ3v) is 7.20. The van der Waals surface area contributed by atoms with E-state index in [4.69, 9.17) is 4.74 Å². The van der Waals surface area contributed by atoms with Crippen LogP contribution in [0.3, 0.4) is 0 Å². The van der Waals surface area contributed by atoms with Crippen LogP contribution < -0.4 is 9.64 Å². The van der Waals surface area contributed by atoms with Crippen molar-refractivity contribution in [1.82, 2.24) is 9.80 Å². The minimum Gasteiger partial charge on any atom is -0.490 e. The number of benzene rings is 2. The van der Waals surface area contributed by atoms with Crippen LogP contribution in [0.2, 0.25) is 0 Å². The highest BCUT2D eigenvalue weighted by Gasteiger charge is 2.39. The zero-order chi connectivity index (χ0) is 27.3. The molecule has 1 amide bonds. The summed E-state index contributed by atoms with van der Waals surface area (Å²) in [6, 6.07) is 11.2. The van der Waals surface area contributed by atoms with Gasteiger partial charge in [-0.25, -0.2) is 0 Å². The van der Waals surface area contributed by atoms with Gasteiger partial charge in [0, 0.05) is 70.3 Å². The highest BCUT2D eigenvalue weighted by atomic mass is 19.4. The third-order valence-electron chi connectivity index (χ3n) is 7.20. The molecule has 0 bridgehead atoms. The van der Waals surface area contributed by atoms with Crippen molar-refractivity contribution in [3.63, 3.8) is 0 Å². The van der Waals surface area contributed by atoms with Crippen LogP contribution in [0.15, 0.2) is 42.5 Å². The number of piperidine rings is 1. The van der Waals surface area contributed by atoms with E-state index < -0.39 is 22.4 Å². The average Bonchev–Trinajstić information content (AvgIpc) is 2.89. The maximum Gasteiger partial charge on any atom is 0.423 e. The van der Waals surface area contributed by atoms with Gasteiger partial charge < -0.3 is 14.5 Å². The number of carbonyl (C=O) groups excluding carboxylic acids is 1. The lowest BCUT2D eigenvalue weighted by molar-refractivity contribution is -0.388. The standard InChI is InChI=1S/C27H33F3N4O4.CH4/c1-20-4-6-21(7-5-20)32-17-15-31(16-18-32)12-2-3-26(35)33-13-10-22(11-14-33)38-23-8-9-25(34(36)37)24(19-23)27(28,29)30;/h4-9,19,22H,2-3,10-18H2,1H3;1H4. The molecule has 214 valence electrons. The molecule has 2 aliphatic heterocycles. The zero-order valence-corrected chi connectivity index (χ0v) is 21.5. The smallest absolute Gasteiger partial charge is 0.423 e. The fraction of sp³-hybridized carbons (Fsp3) is 0.536. The van der Waals surface area contributed by atoms with Crippen LogP contribution in [0.5, 0.6) is 5.75 Å². The number of nitro groups is 1. The summed E-state index contributed by atoms with van der Waals surface area (Å²) in [6.07, 6.45) is -2.99. The number of aryl methyl sites for hydroxylation is 1. The number of nitrogens with zero attached hydrogens (tertiary/aromatic N) is 4. The first-order valence-corrected chi connectivity index (χ1v) is 12.9. The molecular weight excluding hydrogens is 513 g/mol. The molecule has 2 aromatic rings. The quantitative estimate of drug-likeness (QED) is 0.318. The predicted molar refractivity (Wildman–Crippen MR) is 144 cm³/mol. The number of rotatable bonds is 8. The zero-order valence-electron chi connectivity index (χ0n) is 21.5. The Morgan fingerprint density at radius 2 is 1.67 bits per heavy atom. The number of hydrogen-bond acceptors (Lipinski definition) is 6. The molecular formula is C28H37F3N4O4. The van der Waals surface area contributed by atoms with Crippen molar-refractivity contribution in [2.24, 2.45) is 0 Å². The van der Waals surface area contributed by atoms with Gasteiger partial charge in [-0.15, -0.1) is 0 Å². The molecule has 2 heterocycles. The van der Waals surface area contributed by atoms with Gasteiger partial charge in [0.2, 0.25) is 5.91 Å². The van der Waals surface area contributed by atoms with E-state index >= 15 is 0 Å². The fourth-order valence-electron chi connectivity index (χ4n) is 4.99. The highest BCUT2D eigenvalue weighted by molar-refractivity contribution is 5.76. The van der Waals surface area contributed by atoms with Gasteiger partial charge in [-0.3, -0.25) is 19.8 Å². The van der Waals surface area contributed by atoms with Crippen molar-refractivity contribution in [3.05, 3.63) is 63.7 Å². The number of carbonyl (C=O) groups is 1. The Balaban J connectivity index is 0.00000420. The number of nitro benzene ring substituents is 1. The van der Waals surface area contributed by atoms with Crippen LogP contribution in [0.4, 0.5) is 24.5 Å². The summed E-state index contributed by atoms with van der Waals surface area (Å²) >= 11 is 0. The Labute approximate surface area is 227 Å². The normalized spacial score (nSPS) is 17.0. The molecule has 0 N–H and O–H groups in total. The molecule has 2 fully saturated rings. The lowest BCUT2D eigenvalue weighted by atomic mass is 10.1. The highest BCUT2D eigenvalue weighted by Crippen LogP contribution is 2.38. The van der Waals surface area contributed by atoms with Crippen LogP contribution >= 0.6 is 0 Å². The molecule has 2 aliphatic rings. The number of hydrogen-bond donors (Lipinski definition) is 0. The molecule has 0 saturated carbocycles. The average molecular weight is 551 g/mol. The van der Waals surface area contributed by atoms with Gasteiger partial charge >= 0.3 is 6.18 Å². The molecule has 8 nitrogen and oxygen atoms in total. The van der Waals surface area contributed by atoms with Crippen molar-refractivity contribution in [2.45, 2.75) is 52.3 Å². The number of alkyl halides is 3. The van der Waals surface area contributed by atoms with Crippen molar-refractivity contribution < 1.29 is 27.6 Å². The summed E-state index contributed by atoms with van der Waals surface area (Å²) < 4.78 is 45.3. The van der Waals surface area contributed by atoms with E-state index in [0.29, 0.717) is 38.4 Å². The number of amides is 1. The Bertz CT molecular complexity index is 1110. The van der Waals surface area contributed by atoms with E-state index in [9.17, 15) is 28.1 Å². The fourth-order valence-corrected chi connectivity index (χ4v) is 4.99. The Hall–Kier alpha value is -3.34. The second-order valence-corrected chi connectivity index (χ2v) is 9.90. The van der Waals surface area contributed by atoms with Gasteiger partial charge in [-0.2, -0.15) is 13.2 Å². The van der Waals surface area contributed by atoms with E-state index in [0.717, 1.165) is 45.2 Å². The summed E-state index contributed by atoms with van der Waals surface area (Å²) in [5.41, 5.74) is 0.160. The van der Waals surface area contributed by atoms with Gasteiger partial charge in [-0.05, 0) is 44.2 Å². The second-order valence-electron chi connectivity index (χ2n) is 9.90. The summed E-state index contributed by atoms with van der Waals surface area (Å²) in [4.78, 5) is 29.1. The monoisotopic (exact) mass is 550 g/mol. The van der Waals surface area contributed by atoms with Gasteiger partial charge in [0.1, 0.15) is 17.4 Å². The Morgan fingerprint density at radius 1 is 1.03 bits per heavy atom. The van der Waals surface area contributed by atoms with E-state index in [-0.39, 0.29) is 25.2 Å². The van der Waals surface area contributed by atoms with Crippen LogP contribution in [0.25, 0.3) is 0 Å². The number of halogens is 3. The lowest BCUT2D eigenvalue weighted by Gasteiger charge is -2.36. The molecule has 0 radical (unpaired) electrons. The molecule has 0 unspecified atom stereocenters. The Kier molecular flexibility index (Phi) is 10.2. The topological polar surface area (TPSA) is 79.2 Å². The number of likely N-dealkylation sites (tertiary alicyclic amines) is 1. The predicted octanol–water partition coefficient (Wildman–Crippen LogP) is 5.53. The number of piperazine rings is 1. The summed E-state index contributed by atoms with van der Waals surface area (Å²) in [5.74, 6) is 0.0200. The third kappa shape index (κ3) is 8.08. The molecule has 0 aromatic heterocycles. The summed E-state index contributed by atoms with van der Waals surface area (Å²) in [6.45, 7) is 7.74. The van der Waals surface area contributed by atoms with Crippen LogP contribution in [0.1, 0.15) is 44.2 Å². The van der Waals surface area contributed by atoms with Gasteiger partial charge in [0.15, 0.2) is 0 Å². The second kappa shape index (κ2) is 13.1. The summed E-state index contributed by atoms with van der Waals surface area (Å²) in [5, 5.41) is 10.9. The van der Waals surface area contributed by atoms with E-state index in [1.165, 1.54) is 17.3 Å². The first-order chi connectivity index (χ1) is 18.1. The largest absolute Gasteiger partial charge is 0.490 e. The Morgan fingerprint density at radius 3 is 2.26 bits per heavy atom. The first-order valence-electron chi connectivity index (χ1n) is 12.9. The first kappa shape index (κ1) is 30.2. The number of anilines is 1. The van der Waals surface area contributed by atoms with Crippen LogP contribution in [-0.2, 0) is 11.0 Å². The molecule has 2 aromatic carbocycles. The van der Waals surface area contributed by atoms with Crippen molar-refractivity contribution in [3.8, 4) is 5.75 Å². The van der Waals surface area contributed by atoms with Gasteiger partial charge in [0.05, 0.1) is 4.92 Å². The molecule has 11 heteroatoms. The molecule has 39 heavy (non-hydrogen) atoms. The molecule has 4 rings (SSSR count). The molecule has 2 saturated heterocycles. The summed E-state index contributed by atoms with van der Waals surface area (Å²) in [7, 11) is 0. The number of ether oxygens (including phenoxy) is 1. The van der Waals surface area contributed by atoms with E-state index in [1.807, 2.05) is 0 Å². The molecule has 0 atom stereocenters.